The first-order valence-corrected chi connectivity index (χ1v) is 29.8. The molecule has 0 aromatic carbocycles. The van der Waals surface area contributed by atoms with Crippen LogP contribution in [0.4, 0.5) is 0 Å². The molecule has 65 heavy (non-hydrogen) atoms. The first-order valence-electron chi connectivity index (χ1n) is 29.8. The van der Waals surface area contributed by atoms with E-state index >= 15 is 0 Å². The van der Waals surface area contributed by atoms with E-state index in [1.807, 2.05) is 0 Å². The Labute approximate surface area is 406 Å². The van der Waals surface area contributed by atoms with E-state index in [0.717, 1.165) is 38.5 Å². The lowest BCUT2D eigenvalue weighted by molar-refractivity contribution is -0.143. The van der Waals surface area contributed by atoms with Gasteiger partial charge in [-0.25, -0.2) is 0 Å². The fourth-order valence-corrected chi connectivity index (χ4v) is 9.58. The molecular formula is C59H117NO5. The van der Waals surface area contributed by atoms with Crippen LogP contribution in [0.25, 0.3) is 0 Å². The van der Waals surface area contributed by atoms with Crippen molar-refractivity contribution in [1.29, 1.82) is 0 Å². The summed E-state index contributed by atoms with van der Waals surface area (Å²) in [5.74, 6) is -0.0251. The van der Waals surface area contributed by atoms with E-state index in [-0.39, 0.29) is 18.5 Å². The number of hydrogen-bond donors (Lipinski definition) is 3. The molecule has 0 fully saturated rings. The highest BCUT2D eigenvalue weighted by Crippen LogP contribution is 2.18. The number of amides is 1. The topological polar surface area (TPSA) is 95.9 Å². The monoisotopic (exact) mass is 920 g/mol. The highest BCUT2D eigenvalue weighted by Gasteiger charge is 2.20. The van der Waals surface area contributed by atoms with Gasteiger partial charge in [-0.2, -0.15) is 0 Å². The van der Waals surface area contributed by atoms with Crippen LogP contribution in [0.3, 0.4) is 0 Å². The number of nitrogens with one attached hydrogen (secondary N) is 1. The third kappa shape index (κ3) is 52.1. The molecule has 6 nitrogen and oxygen atoms in total. The molecule has 0 aromatic rings. The zero-order valence-electron chi connectivity index (χ0n) is 44.3. The van der Waals surface area contributed by atoms with E-state index in [1.54, 1.807) is 0 Å². The van der Waals surface area contributed by atoms with E-state index in [9.17, 15) is 19.8 Å². The summed E-state index contributed by atoms with van der Waals surface area (Å²) in [4.78, 5) is 24.5. The smallest absolute Gasteiger partial charge is 0.305 e. The molecule has 0 rings (SSSR count). The van der Waals surface area contributed by atoms with E-state index in [1.165, 1.54) is 270 Å². The lowest BCUT2D eigenvalue weighted by Crippen LogP contribution is -2.45. The molecule has 2 unspecified atom stereocenters. The Bertz CT molecular complexity index is 928. The summed E-state index contributed by atoms with van der Waals surface area (Å²) >= 11 is 0. The lowest BCUT2D eigenvalue weighted by Gasteiger charge is -2.22. The second kappa shape index (κ2) is 55.5. The van der Waals surface area contributed by atoms with Gasteiger partial charge in [-0.3, -0.25) is 9.59 Å². The fraction of sp³-hybridized carbons (Fsp3) is 0.966. The summed E-state index contributed by atoms with van der Waals surface area (Å²) in [6.45, 7) is 4.97. The number of esters is 1. The SMILES string of the molecule is CCCCCCCCCCCCCCCCCCC(O)C(CO)NC(=O)CCCCCCCCCCCCCCCCCCCCOC(=O)CCCCCCCCCCCCCCCC. The molecule has 0 aliphatic carbocycles. The van der Waals surface area contributed by atoms with Crippen LogP contribution in [0.15, 0.2) is 0 Å². The van der Waals surface area contributed by atoms with Gasteiger partial charge in [-0.1, -0.05) is 303 Å². The first-order chi connectivity index (χ1) is 32.0. The van der Waals surface area contributed by atoms with Gasteiger partial charge < -0.3 is 20.3 Å². The van der Waals surface area contributed by atoms with Crippen LogP contribution in [0.1, 0.15) is 341 Å². The Morgan fingerprint density at radius 3 is 0.938 bits per heavy atom. The average Bonchev–Trinajstić information content (AvgIpc) is 3.31. The molecule has 0 aliphatic heterocycles. The molecule has 0 saturated heterocycles. The maximum Gasteiger partial charge on any atom is 0.305 e. The van der Waals surface area contributed by atoms with Crippen LogP contribution >= 0.6 is 0 Å². The van der Waals surface area contributed by atoms with E-state index < -0.39 is 12.1 Å². The number of ether oxygens (including phenoxy) is 1. The van der Waals surface area contributed by atoms with Gasteiger partial charge in [-0.05, 0) is 25.7 Å². The summed E-state index contributed by atoms with van der Waals surface area (Å²) in [5, 5.41) is 23.3. The number of carbonyl (C=O) groups is 2. The second-order valence-electron chi connectivity index (χ2n) is 20.7. The lowest BCUT2D eigenvalue weighted by atomic mass is 10.0. The zero-order chi connectivity index (χ0) is 47.2. The highest BCUT2D eigenvalue weighted by atomic mass is 16.5. The van der Waals surface area contributed by atoms with Gasteiger partial charge in [0.25, 0.3) is 0 Å². The molecule has 0 spiro atoms. The summed E-state index contributed by atoms with van der Waals surface area (Å²) in [6.07, 6.45) is 63.8. The van der Waals surface area contributed by atoms with Crippen molar-refractivity contribution in [3.63, 3.8) is 0 Å². The first kappa shape index (κ1) is 63.9. The predicted molar refractivity (Wildman–Crippen MR) is 283 cm³/mol. The van der Waals surface area contributed by atoms with Crippen LogP contribution in [-0.2, 0) is 14.3 Å². The molecule has 0 radical (unpaired) electrons. The van der Waals surface area contributed by atoms with Crippen molar-refractivity contribution in [2.75, 3.05) is 13.2 Å². The number of carbonyl (C=O) groups excluding carboxylic acids is 2. The average molecular weight is 921 g/mol. The Morgan fingerprint density at radius 2 is 0.631 bits per heavy atom. The predicted octanol–water partition coefficient (Wildman–Crippen LogP) is 18.3. The Balaban J connectivity index is 3.39. The molecule has 0 aliphatic rings. The second-order valence-corrected chi connectivity index (χ2v) is 20.7. The van der Waals surface area contributed by atoms with Gasteiger partial charge in [-0.15, -0.1) is 0 Å². The van der Waals surface area contributed by atoms with Gasteiger partial charge >= 0.3 is 5.97 Å². The largest absolute Gasteiger partial charge is 0.466 e. The van der Waals surface area contributed by atoms with E-state index in [0.29, 0.717) is 25.9 Å². The number of rotatable bonds is 56. The summed E-state index contributed by atoms with van der Waals surface area (Å²) < 4.78 is 5.48. The maximum atomic E-state index is 12.5. The number of unbranched alkanes of at least 4 members (excludes halogenated alkanes) is 45. The van der Waals surface area contributed by atoms with Crippen LogP contribution in [0, 0.1) is 0 Å². The Kier molecular flexibility index (Phi) is 54.5. The maximum absolute atomic E-state index is 12.5. The van der Waals surface area contributed by atoms with Gasteiger partial charge in [0.05, 0.1) is 25.4 Å². The van der Waals surface area contributed by atoms with Gasteiger partial charge in [0, 0.05) is 12.8 Å². The Hall–Kier alpha value is -1.14. The molecule has 0 heterocycles. The summed E-state index contributed by atoms with van der Waals surface area (Å²) in [5.41, 5.74) is 0. The standard InChI is InChI=1S/C59H117NO5/c1-3-5-7-9-11-13-15-17-19-24-27-31-35-39-43-47-51-57(62)56(55-61)60-58(63)52-48-44-40-36-32-28-25-22-20-21-23-26-30-34-38-42-46-50-54-65-59(64)53-49-45-41-37-33-29-18-16-14-12-10-8-6-4-2/h56-57,61-62H,3-55H2,1-2H3,(H,60,63). The quantitative estimate of drug-likeness (QED) is 0.0417. The minimum atomic E-state index is -0.665. The van der Waals surface area contributed by atoms with Gasteiger partial charge in [0.2, 0.25) is 5.91 Å². The number of aliphatic hydroxyl groups excluding tert-OH is 2. The van der Waals surface area contributed by atoms with Crippen LogP contribution < -0.4 is 5.32 Å². The zero-order valence-corrected chi connectivity index (χ0v) is 44.3. The summed E-state index contributed by atoms with van der Waals surface area (Å²) in [7, 11) is 0. The fourth-order valence-electron chi connectivity index (χ4n) is 9.58. The van der Waals surface area contributed by atoms with Crippen molar-refractivity contribution in [2.45, 2.75) is 353 Å². The normalized spacial score (nSPS) is 12.5. The van der Waals surface area contributed by atoms with Crippen molar-refractivity contribution in [2.24, 2.45) is 0 Å². The van der Waals surface area contributed by atoms with Crippen molar-refractivity contribution < 1.29 is 24.5 Å². The molecule has 388 valence electrons. The third-order valence-corrected chi connectivity index (χ3v) is 14.2. The molecule has 0 saturated carbocycles. The summed E-state index contributed by atoms with van der Waals surface area (Å²) in [6, 6.07) is -0.543. The number of hydrogen-bond acceptors (Lipinski definition) is 5. The van der Waals surface area contributed by atoms with Gasteiger partial charge in [0.15, 0.2) is 0 Å². The van der Waals surface area contributed by atoms with Crippen LogP contribution in [0.2, 0.25) is 0 Å². The molecular weight excluding hydrogens is 803 g/mol. The molecule has 2 atom stereocenters. The Morgan fingerprint density at radius 1 is 0.369 bits per heavy atom. The minimum absolute atomic E-state index is 0.0106. The molecule has 6 heteroatoms. The minimum Gasteiger partial charge on any atom is -0.466 e. The number of aliphatic hydroxyl groups is 2. The molecule has 0 aromatic heterocycles. The van der Waals surface area contributed by atoms with Crippen LogP contribution in [0.5, 0.6) is 0 Å². The van der Waals surface area contributed by atoms with Gasteiger partial charge in [0.1, 0.15) is 0 Å². The van der Waals surface area contributed by atoms with Crippen LogP contribution in [-0.4, -0.2) is 47.4 Å². The molecule has 3 N–H and O–H groups in total. The van der Waals surface area contributed by atoms with E-state index in [2.05, 4.69) is 19.2 Å². The van der Waals surface area contributed by atoms with Crippen molar-refractivity contribution in [3.05, 3.63) is 0 Å². The third-order valence-electron chi connectivity index (χ3n) is 14.2. The van der Waals surface area contributed by atoms with Crippen molar-refractivity contribution in [1.82, 2.24) is 5.32 Å². The van der Waals surface area contributed by atoms with Crippen molar-refractivity contribution in [3.8, 4) is 0 Å². The molecule has 0 bridgehead atoms. The highest BCUT2D eigenvalue weighted by molar-refractivity contribution is 5.76. The van der Waals surface area contributed by atoms with E-state index in [4.69, 9.17) is 4.74 Å². The molecule has 1 amide bonds. The van der Waals surface area contributed by atoms with Crippen molar-refractivity contribution >= 4 is 11.9 Å².